The van der Waals surface area contributed by atoms with Gasteiger partial charge in [-0.15, -0.1) is 0 Å². The number of rotatable bonds is 4. The van der Waals surface area contributed by atoms with Gasteiger partial charge in [-0.05, 0) is 79.1 Å². The molecular formula is C20H32O4. The highest BCUT2D eigenvalue weighted by Crippen LogP contribution is 2.72. The standard InChI is InChI=1S/C20H32O4/c1-13(2)15(21)24-20-9-14-7-18(11-20,16(3,4)22)10-19(8-14,12-20)17(5,6)23/h14,22-23H,1,7-12H2,2-6H3. The Morgan fingerprint density at radius 3 is 1.83 bits per heavy atom. The number of esters is 1. The van der Waals surface area contributed by atoms with E-state index in [1.54, 1.807) is 6.92 Å². The van der Waals surface area contributed by atoms with Crippen molar-refractivity contribution in [1.82, 2.24) is 0 Å². The first kappa shape index (κ1) is 17.9. The van der Waals surface area contributed by atoms with Crippen molar-refractivity contribution in [2.24, 2.45) is 16.7 Å². The molecule has 2 atom stereocenters. The van der Waals surface area contributed by atoms with Gasteiger partial charge in [0, 0.05) is 16.4 Å². The number of hydrogen-bond donors (Lipinski definition) is 2. The molecule has 4 heteroatoms. The third-order valence-corrected chi connectivity index (χ3v) is 7.27. The second kappa shape index (κ2) is 4.85. The summed E-state index contributed by atoms with van der Waals surface area (Å²) in [5, 5.41) is 22.0. The highest BCUT2D eigenvalue weighted by Gasteiger charge is 2.70. The Bertz CT molecular complexity index is 547. The predicted octanol–water partition coefficient (Wildman–Crippen LogP) is 3.36. The second-order valence-electron chi connectivity index (χ2n) is 10.0. The van der Waals surface area contributed by atoms with E-state index in [1.165, 1.54) is 0 Å². The van der Waals surface area contributed by atoms with Crippen molar-refractivity contribution in [1.29, 1.82) is 0 Å². The lowest BCUT2D eigenvalue weighted by Crippen LogP contribution is -2.70. The molecular weight excluding hydrogens is 304 g/mol. The summed E-state index contributed by atoms with van der Waals surface area (Å²) < 4.78 is 5.99. The molecule has 4 nitrogen and oxygen atoms in total. The first-order chi connectivity index (χ1) is 10.7. The summed E-state index contributed by atoms with van der Waals surface area (Å²) in [6.45, 7) is 12.8. The molecule has 4 aliphatic rings. The fraction of sp³-hybridized carbons (Fsp3) is 0.850. The van der Waals surface area contributed by atoms with Crippen LogP contribution in [0.1, 0.15) is 73.1 Å². The van der Waals surface area contributed by atoms with Crippen molar-refractivity contribution >= 4 is 5.97 Å². The maximum Gasteiger partial charge on any atom is 0.333 e. The van der Waals surface area contributed by atoms with Gasteiger partial charge < -0.3 is 14.9 Å². The topological polar surface area (TPSA) is 66.8 Å². The summed E-state index contributed by atoms with van der Waals surface area (Å²) in [6, 6.07) is 0. The quantitative estimate of drug-likeness (QED) is 0.610. The molecule has 0 aliphatic heterocycles. The second-order valence-corrected chi connectivity index (χ2v) is 10.0. The van der Waals surface area contributed by atoms with Crippen LogP contribution in [0.3, 0.4) is 0 Å². The molecule has 4 rings (SSSR count). The zero-order chi connectivity index (χ0) is 18.2. The fourth-order valence-electron chi connectivity index (χ4n) is 6.11. The van der Waals surface area contributed by atoms with Gasteiger partial charge >= 0.3 is 5.97 Å². The van der Waals surface area contributed by atoms with E-state index in [-0.39, 0.29) is 16.8 Å². The lowest BCUT2D eigenvalue weighted by molar-refractivity contribution is -0.285. The highest BCUT2D eigenvalue weighted by molar-refractivity contribution is 5.87. The Labute approximate surface area is 145 Å². The number of hydrogen-bond acceptors (Lipinski definition) is 4. The minimum Gasteiger partial charge on any atom is -0.456 e. The minimum absolute atomic E-state index is 0.318. The molecule has 0 amide bonds. The first-order valence-electron chi connectivity index (χ1n) is 9.07. The van der Waals surface area contributed by atoms with E-state index in [1.807, 2.05) is 27.7 Å². The SMILES string of the molecule is C=C(C)C(=O)OC12CC3CC(C(C)(C)O)(C1)CC(C(C)(C)O)(C3)C2. The molecule has 4 fully saturated rings. The van der Waals surface area contributed by atoms with E-state index >= 15 is 0 Å². The Kier molecular flexibility index (Phi) is 3.63. The van der Waals surface area contributed by atoms with Crippen LogP contribution in [0.4, 0.5) is 0 Å². The van der Waals surface area contributed by atoms with E-state index in [4.69, 9.17) is 4.74 Å². The molecule has 2 N–H and O–H groups in total. The van der Waals surface area contributed by atoms with E-state index in [0.29, 0.717) is 24.3 Å². The van der Waals surface area contributed by atoms with Crippen LogP contribution in [0, 0.1) is 16.7 Å². The van der Waals surface area contributed by atoms with Gasteiger partial charge in [-0.2, -0.15) is 0 Å². The highest BCUT2D eigenvalue weighted by atomic mass is 16.6. The third-order valence-electron chi connectivity index (χ3n) is 7.27. The number of carbonyl (C=O) groups is 1. The number of carbonyl (C=O) groups excluding carboxylic acids is 1. The van der Waals surface area contributed by atoms with Gasteiger partial charge in [0.1, 0.15) is 5.60 Å². The van der Waals surface area contributed by atoms with Gasteiger partial charge in [-0.25, -0.2) is 4.79 Å². The summed E-state index contributed by atoms with van der Waals surface area (Å²) in [4.78, 5) is 12.3. The maximum absolute atomic E-state index is 12.3. The van der Waals surface area contributed by atoms with Crippen LogP contribution in [0.5, 0.6) is 0 Å². The van der Waals surface area contributed by atoms with Crippen LogP contribution in [-0.4, -0.2) is 33.0 Å². The molecule has 0 radical (unpaired) electrons. The molecule has 0 aromatic rings. The van der Waals surface area contributed by atoms with Crippen molar-refractivity contribution < 1.29 is 19.7 Å². The zero-order valence-electron chi connectivity index (χ0n) is 15.7. The molecule has 4 bridgehead atoms. The average Bonchev–Trinajstić information content (AvgIpc) is 2.33. The first-order valence-corrected chi connectivity index (χ1v) is 9.07. The molecule has 0 heterocycles. The molecule has 0 aromatic carbocycles. The van der Waals surface area contributed by atoms with Gasteiger partial charge in [-0.3, -0.25) is 0 Å². The molecule has 0 saturated heterocycles. The molecule has 136 valence electrons. The third kappa shape index (κ3) is 2.45. The molecule has 0 aromatic heterocycles. The average molecular weight is 336 g/mol. The maximum atomic E-state index is 12.3. The van der Waals surface area contributed by atoms with Gasteiger partial charge in [0.25, 0.3) is 0 Å². The molecule has 4 saturated carbocycles. The Morgan fingerprint density at radius 2 is 1.46 bits per heavy atom. The molecule has 24 heavy (non-hydrogen) atoms. The summed E-state index contributed by atoms with van der Waals surface area (Å²) in [6.07, 6.45) is 4.87. The monoisotopic (exact) mass is 336 g/mol. The van der Waals surface area contributed by atoms with E-state index in [9.17, 15) is 15.0 Å². The Balaban J connectivity index is 2.07. The van der Waals surface area contributed by atoms with Gasteiger partial charge in [0.05, 0.1) is 11.2 Å². The van der Waals surface area contributed by atoms with Gasteiger partial charge in [-0.1, -0.05) is 6.58 Å². The van der Waals surface area contributed by atoms with Crippen molar-refractivity contribution in [2.75, 3.05) is 0 Å². The normalized spacial score (nSPS) is 41.4. The smallest absolute Gasteiger partial charge is 0.333 e. The summed E-state index contributed by atoms with van der Waals surface area (Å²) >= 11 is 0. The van der Waals surface area contributed by atoms with Crippen LogP contribution < -0.4 is 0 Å². The largest absolute Gasteiger partial charge is 0.456 e. The minimum atomic E-state index is -0.871. The predicted molar refractivity (Wildman–Crippen MR) is 92.3 cm³/mol. The van der Waals surface area contributed by atoms with Crippen molar-refractivity contribution in [2.45, 2.75) is 89.9 Å². The van der Waals surface area contributed by atoms with E-state index in [2.05, 4.69) is 6.58 Å². The van der Waals surface area contributed by atoms with Crippen LogP contribution in [-0.2, 0) is 9.53 Å². The van der Waals surface area contributed by atoms with Crippen LogP contribution >= 0.6 is 0 Å². The Hall–Kier alpha value is -0.870. The van der Waals surface area contributed by atoms with Crippen LogP contribution in [0.25, 0.3) is 0 Å². The summed E-state index contributed by atoms with van der Waals surface area (Å²) in [5.41, 5.74) is -2.56. The summed E-state index contributed by atoms with van der Waals surface area (Å²) in [5.74, 6) is 0.0192. The molecule has 4 aliphatic carbocycles. The summed E-state index contributed by atoms with van der Waals surface area (Å²) in [7, 11) is 0. The number of ether oxygens (including phenoxy) is 1. The lowest BCUT2D eigenvalue weighted by atomic mass is 9.37. The zero-order valence-corrected chi connectivity index (χ0v) is 15.7. The molecule has 0 spiro atoms. The number of aliphatic hydroxyl groups is 2. The van der Waals surface area contributed by atoms with Gasteiger partial charge in [0.2, 0.25) is 0 Å². The van der Waals surface area contributed by atoms with Crippen LogP contribution in [0.2, 0.25) is 0 Å². The van der Waals surface area contributed by atoms with Crippen molar-refractivity contribution in [3.05, 3.63) is 12.2 Å². The van der Waals surface area contributed by atoms with Crippen LogP contribution in [0.15, 0.2) is 12.2 Å². The fourth-order valence-corrected chi connectivity index (χ4v) is 6.11. The molecule has 2 unspecified atom stereocenters. The van der Waals surface area contributed by atoms with Gasteiger partial charge in [0.15, 0.2) is 0 Å². The van der Waals surface area contributed by atoms with Crippen molar-refractivity contribution in [3.63, 3.8) is 0 Å². The van der Waals surface area contributed by atoms with Crippen molar-refractivity contribution in [3.8, 4) is 0 Å². The Morgan fingerprint density at radius 1 is 1.00 bits per heavy atom. The van der Waals surface area contributed by atoms with E-state index in [0.717, 1.165) is 25.7 Å². The lowest BCUT2D eigenvalue weighted by Gasteiger charge is -2.70. The van der Waals surface area contributed by atoms with E-state index < -0.39 is 16.8 Å².